The Bertz CT molecular complexity index is 548. The summed E-state index contributed by atoms with van der Waals surface area (Å²) in [5.41, 5.74) is 1.26. The second kappa shape index (κ2) is 3.92. The van der Waals surface area contributed by atoms with Gasteiger partial charge in [0.05, 0.1) is 11.0 Å². The molecule has 84 valence electrons. The lowest BCUT2D eigenvalue weighted by molar-refractivity contribution is -0.136. The van der Waals surface area contributed by atoms with Gasteiger partial charge < -0.3 is 9.67 Å². The van der Waals surface area contributed by atoms with Crippen molar-refractivity contribution < 1.29 is 14.3 Å². The number of hydrogen-bond acceptors (Lipinski definition) is 2. The Morgan fingerprint density at radius 2 is 2.31 bits per heavy atom. The Morgan fingerprint density at radius 1 is 1.56 bits per heavy atom. The van der Waals surface area contributed by atoms with Gasteiger partial charge >= 0.3 is 5.97 Å². The van der Waals surface area contributed by atoms with Gasteiger partial charge in [0.25, 0.3) is 0 Å². The molecule has 0 unspecified atom stereocenters. The van der Waals surface area contributed by atoms with Crippen LogP contribution in [0.15, 0.2) is 18.2 Å². The van der Waals surface area contributed by atoms with Gasteiger partial charge in [-0.05, 0) is 25.1 Å². The van der Waals surface area contributed by atoms with Gasteiger partial charge in [-0.2, -0.15) is 0 Å². The number of nitrogens with zero attached hydrogens (tertiary/aromatic N) is 2. The molecule has 1 aromatic heterocycles. The summed E-state index contributed by atoms with van der Waals surface area (Å²) in [6.45, 7) is 2.44. The van der Waals surface area contributed by atoms with Crippen molar-refractivity contribution in [1.82, 2.24) is 9.55 Å². The van der Waals surface area contributed by atoms with Crippen LogP contribution in [-0.2, 0) is 17.8 Å². The van der Waals surface area contributed by atoms with Crippen LogP contribution in [0.1, 0.15) is 12.7 Å². The summed E-state index contributed by atoms with van der Waals surface area (Å²) < 4.78 is 14.8. The number of fused-ring (bicyclic) bond motifs is 1. The Labute approximate surface area is 91.3 Å². The summed E-state index contributed by atoms with van der Waals surface area (Å²) in [5, 5.41) is 8.74. The summed E-state index contributed by atoms with van der Waals surface area (Å²) in [6.07, 6.45) is -0.149. The molecule has 1 N–H and O–H groups in total. The van der Waals surface area contributed by atoms with Crippen molar-refractivity contribution in [3.8, 4) is 0 Å². The van der Waals surface area contributed by atoms with Gasteiger partial charge in [0.1, 0.15) is 18.1 Å². The minimum absolute atomic E-state index is 0.149. The molecule has 0 saturated heterocycles. The van der Waals surface area contributed by atoms with Crippen LogP contribution in [-0.4, -0.2) is 20.6 Å². The standard InChI is InChI=1S/C11H11FN2O2/c1-2-14-9-5-7(12)3-4-8(9)13-10(14)6-11(15)16/h3-5H,2,6H2,1H3,(H,15,16). The van der Waals surface area contributed by atoms with Gasteiger partial charge in [-0.25, -0.2) is 9.37 Å². The van der Waals surface area contributed by atoms with Gasteiger partial charge in [0, 0.05) is 6.54 Å². The van der Waals surface area contributed by atoms with Crippen molar-refractivity contribution in [3.05, 3.63) is 29.8 Å². The smallest absolute Gasteiger partial charge is 0.311 e. The Kier molecular flexibility index (Phi) is 2.60. The molecule has 2 rings (SSSR count). The minimum Gasteiger partial charge on any atom is -0.481 e. The number of carboxylic acids is 1. The summed E-state index contributed by atoms with van der Waals surface area (Å²) in [6, 6.07) is 4.25. The molecule has 0 aliphatic rings. The molecule has 0 atom stereocenters. The van der Waals surface area contributed by atoms with Crippen molar-refractivity contribution in [2.45, 2.75) is 19.9 Å². The van der Waals surface area contributed by atoms with Crippen molar-refractivity contribution in [1.29, 1.82) is 0 Å². The van der Waals surface area contributed by atoms with Crippen molar-refractivity contribution >= 4 is 17.0 Å². The van der Waals surface area contributed by atoms with Crippen LogP contribution >= 0.6 is 0 Å². The number of aromatic nitrogens is 2. The number of rotatable bonds is 3. The Morgan fingerprint density at radius 3 is 2.94 bits per heavy atom. The number of aryl methyl sites for hydroxylation is 1. The van der Waals surface area contributed by atoms with Crippen LogP contribution in [0.2, 0.25) is 0 Å². The zero-order valence-corrected chi connectivity index (χ0v) is 8.77. The van der Waals surface area contributed by atoms with Crippen molar-refractivity contribution in [2.75, 3.05) is 0 Å². The number of aliphatic carboxylic acids is 1. The first kappa shape index (κ1) is 10.6. The van der Waals surface area contributed by atoms with E-state index in [1.54, 1.807) is 10.6 Å². The molecule has 0 saturated carbocycles. The lowest BCUT2D eigenvalue weighted by Gasteiger charge is -2.03. The van der Waals surface area contributed by atoms with Gasteiger partial charge in [-0.1, -0.05) is 0 Å². The fourth-order valence-electron chi connectivity index (χ4n) is 1.77. The molecule has 0 fully saturated rings. The van der Waals surface area contributed by atoms with Crippen molar-refractivity contribution in [2.24, 2.45) is 0 Å². The third kappa shape index (κ3) is 1.76. The largest absolute Gasteiger partial charge is 0.481 e. The van der Waals surface area contributed by atoms with Crippen LogP contribution in [0.5, 0.6) is 0 Å². The first-order valence-corrected chi connectivity index (χ1v) is 4.98. The second-order valence-corrected chi connectivity index (χ2v) is 3.48. The highest BCUT2D eigenvalue weighted by Crippen LogP contribution is 2.17. The SMILES string of the molecule is CCn1c(CC(=O)O)nc2ccc(F)cc21. The van der Waals surface area contributed by atoms with E-state index in [0.29, 0.717) is 23.4 Å². The fourth-order valence-corrected chi connectivity index (χ4v) is 1.77. The third-order valence-electron chi connectivity index (χ3n) is 2.41. The Hall–Kier alpha value is -1.91. The second-order valence-electron chi connectivity index (χ2n) is 3.48. The van der Waals surface area contributed by atoms with E-state index >= 15 is 0 Å². The van der Waals surface area contributed by atoms with Crippen LogP contribution in [0.4, 0.5) is 4.39 Å². The molecule has 0 radical (unpaired) electrons. The van der Waals surface area contributed by atoms with Crippen LogP contribution < -0.4 is 0 Å². The van der Waals surface area contributed by atoms with Crippen molar-refractivity contribution in [3.63, 3.8) is 0 Å². The highest BCUT2D eigenvalue weighted by atomic mass is 19.1. The van der Waals surface area contributed by atoms with Crippen LogP contribution in [0.3, 0.4) is 0 Å². The number of carboxylic acid groups (broad SMARTS) is 1. The topological polar surface area (TPSA) is 55.1 Å². The molecule has 4 nitrogen and oxygen atoms in total. The molecule has 0 spiro atoms. The van der Waals surface area contributed by atoms with E-state index in [1.165, 1.54) is 12.1 Å². The lowest BCUT2D eigenvalue weighted by atomic mass is 10.3. The van der Waals surface area contributed by atoms with Gasteiger partial charge in [0.15, 0.2) is 0 Å². The molecule has 1 aromatic carbocycles. The first-order valence-electron chi connectivity index (χ1n) is 4.98. The molecule has 0 bridgehead atoms. The molecule has 0 amide bonds. The molecule has 0 aliphatic heterocycles. The normalized spacial score (nSPS) is 10.9. The van der Waals surface area contributed by atoms with E-state index in [4.69, 9.17) is 5.11 Å². The maximum atomic E-state index is 13.1. The zero-order chi connectivity index (χ0) is 11.7. The number of benzene rings is 1. The number of hydrogen-bond donors (Lipinski definition) is 1. The average Bonchev–Trinajstić information content (AvgIpc) is 2.53. The highest BCUT2D eigenvalue weighted by Gasteiger charge is 2.12. The monoisotopic (exact) mass is 222 g/mol. The average molecular weight is 222 g/mol. The minimum atomic E-state index is -0.939. The lowest BCUT2D eigenvalue weighted by Crippen LogP contribution is -2.08. The molecule has 2 aromatic rings. The van der Waals surface area contributed by atoms with Gasteiger partial charge in [-0.3, -0.25) is 4.79 Å². The van der Waals surface area contributed by atoms with E-state index in [-0.39, 0.29) is 12.2 Å². The molecule has 0 aliphatic carbocycles. The molecular weight excluding hydrogens is 211 g/mol. The fraction of sp³-hybridized carbons (Fsp3) is 0.273. The third-order valence-corrected chi connectivity index (χ3v) is 2.41. The summed E-state index contributed by atoms with van der Waals surface area (Å²) in [5.74, 6) is -0.829. The first-order chi connectivity index (χ1) is 7.61. The predicted molar refractivity (Wildman–Crippen MR) is 56.7 cm³/mol. The van der Waals surface area contributed by atoms with E-state index in [1.807, 2.05) is 6.92 Å². The number of halogens is 1. The predicted octanol–water partition coefficient (Wildman–Crippen LogP) is 1.82. The van der Waals surface area contributed by atoms with Gasteiger partial charge in [0.2, 0.25) is 0 Å². The van der Waals surface area contributed by atoms with E-state index < -0.39 is 5.97 Å². The van der Waals surface area contributed by atoms with E-state index in [0.717, 1.165) is 0 Å². The van der Waals surface area contributed by atoms with E-state index in [9.17, 15) is 9.18 Å². The molecular formula is C11H11FN2O2. The molecule has 16 heavy (non-hydrogen) atoms. The van der Waals surface area contributed by atoms with Crippen LogP contribution in [0, 0.1) is 5.82 Å². The summed E-state index contributed by atoms with van der Waals surface area (Å²) >= 11 is 0. The quantitative estimate of drug-likeness (QED) is 0.861. The Balaban J connectivity index is 2.62. The summed E-state index contributed by atoms with van der Waals surface area (Å²) in [7, 11) is 0. The molecule has 5 heteroatoms. The summed E-state index contributed by atoms with van der Waals surface area (Å²) in [4.78, 5) is 14.8. The number of carbonyl (C=O) groups is 1. The highest BCUT2D eigenvalue weighted by molar-refractivity contribution is 5.78. The maximum Gasteiger partial charge on any atom is 0.311 e. The maximum absolute atomic E-state index is 13.1. The van der Waals surface area contributed by atoms with Gasteiger partial charge in [-0.15, -0.1) is 0 Å². The molecule has 1 heterocycles. The zero-order valence-electron chi connectivity index (χ0n) is 8.77. The number of imidazole rings is 1. The van der Waals surface area contributed by atoms with Crippen LogP contribution in [0.25, 0.3) is 11.0 Å². The van der Waals surface area contributed by atoms with E-state index in [2.05, 4.69) is 4.98 Å².